The summed E-state index contributed by atoms with van der Waals surface area (Å²) in [6.07, 6.45) is 1.55. The van der Waals surface area contributed by atoms with Crippen LogP contribution in [-0.2, 0) is 4.74 Å². The largest absolute Gasteiger partial charge is 0.378 e. The van der Waals surface area contributed by atoms with E-state index in [-0.39, 0.29) is 5.91 Å². The zero-order valence-corrected chi connectivity index (χ0v) is 11.4. The zero-order chi connectivity index (χ0) is 13.9. The van der Waals surface area contributed by atoms with E-state index in [1.54, 1.807) is 11.1 Å². The maximum absolute atomic E-state index is 12.4. The summed E-state index contributed by atoms with van der Waals surface area (Å²) in [5.41, 5.74) is 3.02. The molecule has 3 rings (SSSR count). The van der Waals surface area contributed by atoms with Crippen LogP contribution < -0.4 is 5.46 Å². The normalized spacial score (nSPS) is 15.3. The minimum absolute atomic E-state index is 0.0754. The van der Waals surface area contributed by atoms with Crippen molar-refractivity contribution < 1.29 is 9.53 Å². The van der Waals surface area contributed by atoms with Gasteiger partial charge in [-0.2, -0.15) is 0 Å². The summed E-state index contributed by atoms with van der Waals surface area (Å²) in [5.74, 6) is -0.0754. The Labute approximate surface area is 118 Å². The van der Waals surface area contributed by atoms with Gasteiger partial charge in [0.2, 0.25) is 0 Å². The van der Waals surface area contributed by atoms with Crippen LogP contribution in [0.15, 0.2) is 24.4 Å². The molecule has 1 amide bonds. The molecule has 101 valence electrons. The van der Waals surface area contributed by atoms with Crippen molar-refractivity contribution in [1.82, 2.24) is 14.9 Å². The van der Waals surface area contributed by atoms with E-state index in [2.05, 4.69) is 9.97 Å². The molecule has 6 heteroatoms. The van der Waals surface area contributed by atoms with Gasteiger partial charge in [-0.3, -0.25) is 9.78 Å². The van der Waals surface area contributed by atoms with Crippen molar-refractivity contribution in [3.05, 3.63) is 30.1 Å². The average Bonchev–Trinajstić information content (AvgIpc) is 2.54. The molecule has 2 heterocycles. The van der Waals surface area contributed by atoms with Crippen molar-refractivity contribution in [2.75, 3.05) is 26.3 Å². The van der Waals surface area contributed by atoms with Crippen LogP contribution >= 0.6 is 0 Å². The summed E-state index contributed by atoms with van der Waals surface area (Å²) in [6.45, 7) is 4.36. The number of morpholine rings is 1. The van der Waals surface area contributed by atoms with Gasteiger partial charge >= 0.3 is 0 Å². The third kappa shape index (κ3) is 2.51. The van der Waals surface area contributed by atoms with Gasteiger partial charge in [0.05, 0.1) is 30.4 Å². The van der Waals surface area contributed by atoms with E-state index in [4.69, 9.17) is 4.74 Å². The van der Waals surface area contributed by atoms with Gasteiger partial charge in [0, 0.05) is 13.1 Å². The highest BCUT2D eigenvalue weighted by Gasteiger charge is 2.20. The van der Waals surface area contributed by atoms with E-state index in [9.17, 15) is 4.79 Å². The molecule has 1 radical (unpaired) electrons. The molecule has 0 N–H and O–H groups in total. The third-order valence-corrected chi connectivity index (χ3v) is 3.42. The number of amides is 1. The van der Waals surface area contributed by atoms with Gasteiger partial charge < -0.3 is 9.64 Å². The van der Waals surface area contributed by atoms with Crippen LogP contribution in [0.4, 0.5) is 0 Å². The predicted molar refractivity (Wildman–Crippen MR) is 77.5 cm³/mol. The van der Waals surface area contributed by atoms with E-state index in [1.807, 2.05) is 32.3 Å². The van der Waals surface area contributed by atoms with Crippen LogP contribution in [0, 0.1) is 0 Å². The molecule has 0 aliphatic carbocycles. The number of ether oxygens (including phenoxy) is 1. The van der Waals surface area contributed by atoms with Crippen LogP contribution in [-0.4, -0.2) is 54.4 Å². The van der Waals surface area contributed by atoms with Crippen molar-refractivity contribution >= 4 is 29.7 Å². The maximum Gasteiger partial charge on any atom is 0.274 e. The Morgan fingerprint density at radius 3 is 2.85 bits per heavy atom. The molecule has 0 atom stereocenters. The van der Waals surface area contributed by atoms with Gasteiger partial charge in [-0.05, 0) is 12.1 Å². The maximum atomic E-state index is 12.4. The van der Waals surface area contributed by atoms with Crippen LogP contribution in [0.1, 0.15) is 10.5 Å². The number of aromatic nitrogens is 2. The van der Waals surface area contributed by atoms with Gasteiger partial charge in [0.25, 0.3) is 5.91 Å². The number of hydrogen-bond donors (Lipinski definition) is 0. The van der Waals surface area contributed by atoms with Gasteiger partial charge in [0.1, 0.15) is 13.0 Å². The fourth-order valence-electron chi connectivity index (χ4n) is 2.24. The highest BCUT2D eigenvalue weighted by Crippen LogP contribution is 2.10. The fourth-order valence-corrected chi connectivity index (χ4v) is 2.24. The molecule has 5 nitrogen and oxygen atoms in total. The Morgan fingerprint density at radius 1 is 1.30 bits per heavy atom. The van der Waals surface area contributed by atoms with E-state index >= 15 is 0 Å². The van der Waals surface area contributed by atoms with E-state index in [0.29, 0.717) is 32.0 Å². The topological polar surface area (TPSA) is 55.3 Å². The molecule has 1 aliphatic rings. The first-order chi connectivity index (χ1) is 9.78. The Hall–Kier alpha value is -1.95. The first-order valence-corrected chi connectivity index (χ1v) is 6.71. The zero-order valence-electron chi connectivity index (χ0n) is 11.4. The minimum atomic E-state index is -0.0754. The number of nitrogens with zero attached hydrogens (tertiary/aromatic N) is 3. The van der Waals surface area contributed by atoms with Gasteiger partial charge in [0.15, 0.2) is 0 Å². The van der Waals surface area contributed by atoms with Gasteiger partial charge in [-0.25, -0.2) is 4.98 Å². The molecule has 2 aromatic rings. The Bertz CT molecular complexity index is 641. The van der Waals surface area contributed by atoms with Crippen molar-refractivity contribution in [1.29, 1.82) is 0 Å². The van der Waals surface area contributed by atoms with Gasteiger partial charge in [-0.15, -0.1) is 0 Å². The monoisotopic (exact) mass is 268 g/mol. The molecule has 0 spiro atoms. The van der Waals surface area contributed by atoms with Crippen LogP contribution in [0.2, 0.25) is 6.82 Å². The van der Waals surface area contributed by atoms with E-state index < -0.39 is 0 Å². The highest BCUT2D eigenvalue weighted by molar-refractivity contribution is 6.52. The summed E-state index contributed by atoms with van der Waals surface area (Å²) < 4.78 is 5.25. The summed E-state index contributed by atoms with van der Waals surface area (Å²) in [7, 11) is 2.00. The fraction of sp³-hybridized carbons (Fsp3) is 0.357. The quantitative estimate of drug-likeness (QED) is 0.743. The van der Waals surface area contributed by atoms with Crippen LogP contribution in [0.25, 0.3) is 11.0 Å². The number of hydrogen-bond acceptors (Lipinski definition) is 4. The van der Waals surface area contributed by atoms with Crippen molar-refractivity contribution in [3.8, 4) is 0 Å². The predicted octanol–water partition coefficient (Wildman–Crippen LogP) is 0.480. The lowest BCUT2D eigenvalue weighted by Gasteiger charge is -2.26. The Morgan fingerprint density at radius 2 is 2.10 bits per heavy atom. The Kier molecular flexibility index (Phi) is 3.65. The summed E-state index contributed by atoms with van der Waals surface area (Å²) >= 11 is 0. The molecule has 1 aromatic heterocycles. The van der Waals surface area contributed by atoms with Crippen LogP contribution in [0.5, 0.6) is 0 Å². The molecule has 1 aliphatic heterocycles. The number of fused-ring (bicyclic) bond motifs is 1. The van der Waals surface area contributed by atoms with Crippen molar-refractivity contribution in [3.63, 3.8) is 0 Å². The van der Waals surface area contributed by atoms with E-state index in [0.717, 1.165) is 16.5 Å². The second kappa shape index (κ2) is 5.59. The number of benzene rings is 1. The lowest BCUT2D eigenvalue weighted by molar-refractivity contribution is 0.0299. The SMILES string of the molecule is C[B]c1ccc2ncc(C(=O)N3CCOCC3)nc2c1. The molecular formula is C14H15BN3O2. The number of carbonyl (C=O) groups excluding carboxylic acids is 1. The number of rotatable bonds is 2. The summed E-state index contributed by atoms with van der Waals surface area (Å²) in [4.78, 5) is 22.9. The Balaban J connectivity index is 1.92. The standard InChI is InChI=1S/C14H15BN3O2/c1-15-10-2-3-11-12(8-10)17-13(9-16-11)14(19)18-4-6-20-7-5-18/h2-3,8-9H,4-7H2,1H3. The van der Waals surface area contributed by atoms with E-state index in [1.165, 1.54) is 0 Å². The lowest BCUT2D eigenvalue weighted by Crippen LogP contribution is -2.41. The average molecular weight is 268 g/mol. The first-order valence-electron chi connectivity index (χ1n) is 6.71. The molecule has 1 saturated heterocycles. The number of carbonyl (C=O) groups is 1. The van der Waals surface area contributed by atoms with Crippen molar-refractivity contribution in [2.24, 2.45) is 0 Å². The molecule has 0 bridgehead atoms. The molecular weight excluding hydrogens is 253 g/mol. The smallest absolute Gasteiger partial charge is 0.274 e. The second-order valence-electron chi connectivity index (χ2n) is 4.70. The highest BCUT2D eigenvalue weighted by atomic mass is 16.5. The molecule has 1 aromatic carbocycles. The molecule has 20 heavy (non-hydrogen) atoms. The molecule has 0 saturated carbocycles. The first kappa shape index (κ1) is 13.1. The molecule has 0 unspecified atom stereocenters. The third-order valence-electron chi connectivity index (χ3n) is 3.42. The molecule has 1 fully saturated rings. The van der Waals surface area contributed by atoms with Gasteiger partial charge in [-0.1, -0.05) is 18.4 Å². The second-order valence-corrected chi connectivity index (χ2v) is 4.70. The summed E-state index contributed by atoms with van der Waals surface area (Å²) in [6, 6.07) is 5.85. The lowest BCUT2D eigenvalue weighted by atomic mass is 9.73. The minimum Gasteiger partial charge on any atom is -0.378 e. The summed E-state index contributed by atoms with van der Waals surface area (Å²) in [5, 5.41) is 0. The van der Waals surface area contributed by atoms with Crippen LogP contribution in [0.3, 0.4) is 0 Å². The van der Waals surface area contributed by atoms with Crippen molar-refractivity contribution in [2.45, 2.75) is 6.82 Å².